The second-order valence-corrected chi connectivity index (χ2v) is 3.74. The largest absolute Gasteiger partial charge is 0.395 e. The number of aromatic nitrogens is 1. The molecule has 5 nitrogen and oxygen atoms in total. The van der Waals surface area contributed by atoms with Crippen molar-refractivity contribution < 1.29 is 9.90 Å². The number of nitrogens with one attached hydrogen (secondary N) is 2. The van der Waals surface area contributed by atoms with Crippen LogP contribution in [0.3, 0.4) is 0 Å². The summed E-state index contributed by atoms with van der Waals surface area (Å²) in [6.45, 7) is 0.122. The molecule has 0 bridgehead atoms. The highest BCUT2D eigenvalue weighted by Gasteiger charge is 2.03. The fourth-order valence-corrected chi connectivity index (χ4v) is 1.43. The van der Waals surface area contributed by atoms with Crippen molar-refractivity contribution in [2.75, 3.05) is 18.5 Å². The SMILES string of the molecule is O=C(NCCO)Nc1ncc(Cl)s1. The van der Waals surface area contributed by atoms with Gasteiger partial charge < -0.3 is 10.4 Å². The summed E-state index contributed by atoms with van der Waals surface area (Å²) in [5, 5.41) is 13.7. The summed E-state index contributed by atoms with van der Waals surface area (Å²) in [7, 11) is 0. The maximum Gasteiger partial charge on any atom is 0.321 e. The second kappa shape index (κ2) is 5.00. The number of urea groups is 1. The number of amides is 2. The molecule has 0 fully saturated rings. The molecule has 3 N–H and O–H groups in total. The predicted octanol–water partition coefficient (Wildman–Crippen LogP) is 0.910. The molecule has 0 aliphatic carbocycles. The molecule has 72 valence electrons. The van der Waals surface area contributed by atoms with E-state index in [1.165, 1.54) is 17.5 Å². The molecule has 0 unspecified atom stereocenters. The third-order valence-electron chi connectivity index (χ3n) is 1.10. The van der Waals surface area contributed by atoms with Crippen LogP contribution in [0.2, 0.25) is 4.34 Å². The van der Waals surface area contributed by atoms with Crippen molar-refractivity contribution in [1.82, 2.24) is 10.3 Å². The number of thiazole rings is 1. The van der Waals surface area contributed by atoms with Gasteiger partial charge >= 0.3 is 6.03 Å². The van der Waals surface area contributed by atoms with Crippen LogP contribution in [0.4, 0.5) is 9.93 Å². The average molecular weight is 222 g/mol. The first-order valence-electron chi connectivity index (χ1n) is 3.49. The first kappa shape index (κ1) is 10.2. The monoisotopic (exact) mass is 221 g/mol. The van der Waals surface area contributed by atoms with E-state index in [0.29, 0.717) is 9.47 Å². The predicted molar refractivity (Wildman–Crippen MR) is 51.2 cm³/mol. The number of carbonyl (C=O) groups excluding carboxylic acids is 1. The van der Waals surface area contributed by atoms with E-state index < -0.39 is 6.03 Å². The molecule has 0 saturated heterocycles. The molecule has 1 aromatic heterocycles. The maximum atomic E-state index is 11.0. The molecule has 1 aromatic rings. The van der Waals surface area contributed by atoms with Gasteiger partial charge in [0.1, 0.15) is 4.34 Å². The highest BCUT2D eigenvalue weighted by Crippen LogP contribution is 2.22. The Morgan fingerprint density at radius 1 is 1.77 bits per heavy atom. The number of anilines is 1. The highest BCUT2D eigenvalue weighted by atomic mass is 35.5. The standard InChI is InChI=1S/C6H8ClN3O2S/c7-4-3-9-6(13-4)10-5(12)8-1-2-11/h3,11H,1-2H2,(H2,8,9,10,12). The van der Waals surface area contributed by atoms with E-state index in [4.69, 9.17) is 16.7 Å². The molecule has 7 heteroatoms. The summed E-state index contributed by atoms with van der Waals surface area (Å²) < 4.78 is 0.512. The normalized spacial score (nSPS) is 9.69. The second-order valence-electron chi connectivity index (χ2n) is 2.07. The van der Waals surface area contributed by atoms with Crippen LogP contribution >= 0.6 is 22.9 Å². The van der Waals surface area contributed by atoms with Crippen molar-refractivity contribution in [2.45, 2.75) is 0 Å². The number of aliphatic hydroxyl groups excluding tert-OH is 1. The molecular weight excluding hydrogens is 214 g/mol. The lowest BCUT2D eigenvalue weighted by atomic mass is 10.7. The third kappa shape index (κ3) is 3.58. The lowest BCUT2D eigenvalue weighted by molar-refractivity contribution is 0.245. The zero-order valence-corrected chi connectivity index (χ0v) is 8.15. The van der Waals surface area contributed by atoms with Gasteiger partial charge in [0.15, 0.2) is 5.13 Å². The van der Waals surface area contributed by atoms with E-state index in [-0.39, 0.29) is 13.2 Å². The van der Waals surface area contributed by atoms with E-state index in [9.17, 15) is 4.79 Å². The lowest BCUT2D eigenvalue weighted by Crippen LogP contribution is -2.30. The van der Waals surface area contributed by atoms with Crippen molar-refractivity contribution in [1.29, 1.82) is 0 Å². The number of hydrogen-bond donors (Lipinski definition) is 3. The molecule has 2 amide bonds. The van der Waals surface area contributed by atoms with Gasteiger partial charge in [0.2, 0.25) is 0 Å². The summed E-state index contributed by atoms with van der Waals surface area (Å²) >= 11 is 6.76. The van der Waals surface area contributed by atoms with Gasteiger partial charge in [0.25, 0.3) is 0 Å². The Bertz CT molecular complexity index is 291. The van der Waals surface area contributed by atoms with Gasteiger partial charge in [-0.2, -0.15) is 0 Å². The van der Waals surface area contributed by atoms with Gasteiger partial charge in [-0.1, -0.05) is 22.9 Å². The lowest BCUT2D eigenvalue weighted by Gasteiger charge is -2.01. The molecule has 13 heavy (non-hydrogen) atoms. The van der Waals surface area contributed by atoms with Crippen molar-refractivity contribution in [3.63, 3.8) is 0 Å². The van der Waals surface area contributed by atoms with Crippen molar-refractivity contribution in [3.8, 4) is 0 Å². The molecule has 0 spiro atoms. The van der Waals surface area contributed by atoms with Crippen molar-refractivity contribution in [2.24, 2.45) is 0 Å². The minimum absolute atomic E-state index is 0.0912. The van der Waals surface area contributed by atoms with Crippen LogP contribution in [0, 0.1) is 0 Å². The van der Waals surface area contributed by atoms with Gasteiger partial charge in [0, 0.05) is 6.54 Å². The van der Waals surface area contributed by atoms with E-state index >= 15 is 0 Å². The van der Waals surface area contributed by atoms with Crippen LogP contribution in [-0.2, 0) is 0 Å². The van der Waals surface area contributed by atoms with Gasteiger partial charge in [-0.05, 0) is 0 Å². The molecular formula is C6H8ClN3O2S. The van der Waals surface area contributed by atoms with Crippen LogP contribution in [0.5, 0.6) is 0 Å². The number of halogens is 1. The Morgan fingerprint density at radius 3 is 3.08 bits per heavy atom. The van der Waals surface area contributed by atoms with E-state index in [1.54, 1.807) is 0 Å². The number of carbonyl (C=O) groups is 1. The van der Waals surface area contributed by atoms with Gasteiger partial charge in [-0.15, -0.1) is 0 Å². The average Bonchev–Trinajstić information content (AvgIpc) is 2.48. The summed E-state index contributed by atoms with van der Waals surface area (Å²) in [6, 6.07) is -0.403. The fraction of sp³-hybridized carbons (Fsp3) is 0.333. The van der Waals surface area contributed by atoms with Crippen LogP contribution < -0.4 is 10.6 Å². The summed E-state index contributed by atoms with van der Waals surface area (Å²) in [5.41, 5.74) is 0. The van der Waals surface area contributed by atoms with E-state index in [2.05, 4.69) is 15.6 Å². The molecule has 0 aliphatic rings. The Hall–Kier alpha value is -0.850. The first-order chi connectivity index (χ1) is 6.22. The molecule has 0 atom stereocenters. The number of nitrogens with zero attached hydrogens (tertiary/aromatic N) is 1. The Kier molecular flexibility index (Phi) is 3.94. The van der Waals surface area contributed by atoms with Crippen LogP contribution in [0.25, 0.3) is 0 Å². The Morgan fingerprint density at radius 2 is 2.54 bits per heavy atom. The summed E-state index contributed by atoms with van der Waals surface area (Å²) in [5.74, 6) is 0. The van der Waals surface area contributed by atoms with Crippen molar-refractivity contribution in [3.05, 3.63) is 10.5 Å². The summed E-state index contributed by atoms with van der Waals surface area (Å²) in [4.78, 5) is 14.8. The zero-order valence-electron chi connectivity index (χ0n) is 6.58. The molecule has 0 radical (unpaired) electrons. The van der Waals surface area contributed by atoms with E-state index in [1.807, 2.05) is 0 Å². The van der Waals surface area contributed by atoms with Crippen LogP contribution in [-0.4, -0.2) is 29.3 Å². The molecule has 1 heterocycles. The smallest absolute Gasteiger partial charge is 0.321 e. The van der Waals surface area contributed by atoms with Crippen molar-refractivity contribution >= 4 is 34.1 Å². The first-order valence-corrected chi connectivity index (χ1v) is 4.69. The molecule has 0 aliphatic heterocycles. The van der Waals surface area contributed by atoms with Crippen LogP contribution in [0.1, 0.15) is 0 Å². The maximum absolute atomic E-state index is 11.0. The van der Waals surface area contributed by atoms with Gasteiger partial charge in [-0.3, -0.25) is 5.32 Å². The fourth-order valence-electron chi connectivity index (χ4n) is 0.623. The topological polar surface area (TPSA) is 74.2 Å². The summed E-state index contributed by atoms with van der Waals surface area (Å²) in [6.07, 6.45) is 1.45. The molecule has 0 saturated carbocycles. The van der Waals surface area contributed by atoms with Gasteiger partial charge in [-0.25, -0.2) is 9.78 Å². The van der Waals surface area contributed by atoms with E-state index in [0.717, 1.165) is 0 Å². The third-order valence-corrected chi connectivity index (χ3v) is 2.13. The Balaban J connectivity index is 2.36. The highest BCUT2D eigenvalue weighted by molar-refractivity contribution is 7.19. The number of aliphatic hydroxyl groups is 1. The molecule has 0 aromatic carbocycles. The quantitative estimate of drug-likeness (QED) is 0.710. The minimum Gasteiger partial charge on any atom is -0.395 e. The minimum atomic E-state index is -0.403. The van der Waals surface area contributed by atoms with Crippen LogP contribution in [0.15, 0.2) is 6.20 Å². The zero-order chi connectivity index (χ0) is 9.68. The molecule has 1 rings (SSSR count). The number of hydrogen-bond acceptors (Lipinski definition) is 4. The number of rotatable bonds is 3. The van der Waals surface area contributed by atoms with Gasteiger partial charge in [0.05, 0.1) is 12.8 Å². The Labute approximate surface area is 83.7 Å².